The maximum atomic E-state index is 8.80. The summed E-state index contributed by atoms with van der Waals surface area (Å²) in [6.07, 6.45) is 0. The van der Waals surface area contributed by atoms with E-state index in [4.69, 9.17) is 22.0 Å². The van der Waals surface area contributed by atoms with Gasteiger partial charge in [-0.2, -0.15) is 5.26 Å². The smallest absolute Gasteiger partial charge is 0.161 e. The lowest BCUT2D eigenvalue weighted by atomic mass is 10.3. The van der Waals surface area contributed by atoms with Crippen molar-refractivity contribution in [2.75, 3.05) is 11.9 Å². The average molecular weight is 212 g/mol. The second-order valence-electron chi connectivity index (χ2n) is 2.87. The van der Waals surface area contributed by atoms with Crippen LogP contribution in [0.15, 0.2) is 12.1 Å². The van der Waals surface area contributed by atoms with Crippen molar-refractivity contribution < 1.29 is 5.11 Å². The van der Waals surface area contributed by atoms with Crippen LogP contribution in [0, 0.1) is 11.3 Å². The second-order valence-corrected chi connectivity index (χ2v) is 3.27. The van der Waals surface area contributed by atoms with Crippen molar-refractivity contribution in [1.82, 2.24) is 4.98 Å². The first-order chi connectivity index (χ1) is 6.67. The van der Waals surface area contributed by atoms with Gasteiger partial charge in [0.25, 0.3) is 0 Å². The van der Waals surface area contributed by atoms with Crippen LogP contribution >= 0.6 is 11.6 Å². The number of anilines is 1. The van der Waals surface area contributed by atoms with Gasteiger partial charge >= 0.3 is 0 Å². The van der Waals surface area contributed by atoms with Gasteiger partial charge in [-0.3, -0.25) is 0 Å². The molecule has 0 unspecified atom stereocenters. The molecule has 0 spiro atoms. The number of aromatic nitrogens is 1. The number of aliphatic hydroxyl groups is 1. The third-order valence-electron chi connectivity index (χ3n) is 1.62. The van der Waals surface area contributed by atoms with Gasteiger partial charge in [0.05, 0.1) is 11.6 Å². The van der Waals surface area contributed by atoms with E-state index in [0.717, 1.165) is 0 Å². The Hall–Kier alpha value is -1.31. The number of aliphatic hydroxyl groups excluding tert-OH is 1. The fourth-order valence-corrected chi connectivity index (χ4v) is 1.05. The molecule has 14 heavy (non-hydrogen) atoms. The zero-order valence-electron chi connectivity index (χ0n) is 7.66. The molecule has 2 N–H and O–H groups in total. The highest BCUT2D eigenvalue weighted by atomic mass is 35.5. The Balaban J connectivity index is 2.86. The highest BCUT2D eigenvalue weighted by Crippen LogP contribution is 2.15. The molecular weight excluding hydrogens is 202 g/mol. The number of hydrogen-bond acceptors (Lipinski definition) is 4. The van der Waals surface area contributed by atoms with Gasteiger partial charge < -0.3 is 10.4 Å². The molecule has 1 heterocycles. The first kappa shape index (κ1) is 10.8. The van der Waals surface area contributed by atoms with Crippen LogP contribution in [0.2, 0.25) is 5.02 Å². The minimum atomic E-state index is -0.102. The van der Waals surface area contributed by atoms with Crippen molar-refractivity contribution in [2.24, 2.45) is 0 Å². The number of nitriles is 1. The van der Waals surface area contributed by atoms with Crippen LogP contribution in [0.4, 0.5) is 5.82 Å². The first-order valence-corrected chi connectivity index (χ1v) is 4.49. The van der Waals surface area contributed by atoms with Crippen LogP contribution in [0.25, 0.3) is 0 Å². The third-order valence-corrected chi connectivity index (χ3v) is 1.93. The predicted molar refractivity (Wildman–Crippen MR) is 54.1 cm³/mol. The van der Waals surface area contributed by atoms with E-state index in [1.54, 1.807) is 12.1 Å². The highest BCUT2D eigenvalue weighted by Gasteiger charge is 2.04. The van der Waals surface area contributed by atoms with Crippen molar-refractivity contribution in [3.05, 3.63) is 22.8 Å². The number of nitrogens with zero attached hydrogens (tertiary/aromatic N) is 2. The molecule has 0 aromatic carbocycles. The lowest BCUT2D eigenvalue weighted by Gasteiger charge is -2.11. The lowest BCUT2D eigenvalue weighted by Crippen LogP contribution is -2.20. The van der Waals surface area contributed by atoms with Gasteiger partial charge in [0, 0.05) is 6.04 Å². The summed E-state index contributed by atoms with van der Waals surface area (Å²) >= 11 is 5.70. The molecule has 74 valence electrons. The van der Waals surface area contributed by atoms with Crippen molar-refractivity contribution in [2.45, 2.75) is 13.0 Å². The Morgan fingerprint density at radius 1 is 1.71 bits per heavy atom. The van der Waals surface area contributed by atoms with Crippen LogP contribution in [-0.4, -0.2) is 22.7 Å². The van der Waals surface area contributed by atoms with Gasteiger partial charge in [-0.05, 0) is 19.1 Å². The van der Waals surface area contributed by atoms with Crippen molar-refractivity contribution in [3.63, 3.8) is 0 Å². The fourth-order valence-electron chi connectivity index (χ4n) is 0.899. The average Bonchev–Trinajstić information content (AvgIpc) is 2.20. The molecule has 0 aliphatic rings. The van der Waals surface area contributed by atoms with Gasteiger partial charge in [-0.25, -0.2) is 4.98 Å². The van der Waals surface area contributed by atoms with Crippen LogP contribution in [-0.2, 0) is 0 Å². The van der Waals surface area contributed by atoms with E-state index in [9.17, 15) is 0 Å². The number of nitrogens with one attached hydrogen (secondary N) is 1. The SMILES string of the molecule is C[C@@H](CO)Nc1ccc(Cl)c(C#N)n1. The monoisotopic (exact) mass is 211 g/mol. The molecule has 0 radical (unpaired) electrons. The summed E-state index contributed by atoms with van der Waals surface area (Å²) in [4.78, 5) is 3.96. The van der Waals surface area contributed by atoms with Crippen molar-refractivity contribution in [1.29, 1.82) is 5.26 Å². The van der Waals surface area contributed by atoms with Crippen molar-refractivity contribution in [3.8, 4) is 6.07 Å². The molecular formula is C9H10ClN3O. The number of hydrogen-bond donors (Lipinski definition) is 2. The summed E-state index contributed by atoms with van der Waals surface area (Å²) in [6.45, 7) is 1.81. The Morgan fingerprint density at radius 2 is 2.43 bits per heavy atom. The summed E-state index contributed by atoms with van der Waals surface area (Å²) in [5.41, 5.74) is 0.182. The van der Waals surface area contributed by atoms with Gasteiger partial charge in [-0.15, -0.1) is 0 Å². The Labute approximate surface area is 87.2 Å². The van der Waals surface area contributed by atoms with E-state index in [0.29, 0.717) is 10.8 Å². The maximum absolute atomic E-state index is 8.80. The quantitative estimate of drug-likeness (QED) is 0.793. The minimum absolute atomic E-state index is 0.00614. The molecule has 4 nitrogen and oxygen atoms in total. The normalized spacial score (nSPS) is 11.9. The Morgan fingerprint density at radius 3 is 3.00 bits per heavy atom. The summed E-state index contributed by atoms with van der Waals surface area (Å²) in [6, 6.07) is 5.04. The Kier molecular flexibility index (Phi) is 3.69. The van der Waals surface area contributed by atoms with Gasteiger partial charge in [0.2, 0.25) is 0 Å². The van der Waals surface area contributed by atoms with Crippen LogP contribution in [0.1, 0.15) is 12.6 Å². The molecule has 0 fully saturated rings. The summed E-state index contributed by atoms with van der Waals surface area (Å²) in [5, 5.41) is 20.7. The van der Waals surface area contributed by atoms with Crippen LogP contribution < -0.4 is 5.32 Å². The van der Waals surface area contributed by atoms with Crippen LogP contribution in [0.5, 0.6) is 0 Å². The van der Waals surface area contributed by atoms with Gasteiger partial charge in [-0.1, -0.05) is 11.6 Å². The molecule has 0 bridgehead atoms. The molecule has 1 aromatic rings. The summed E-state index contributed by atoms with van der Waals surface area (Å²) in [5.74, 6) is 0.535. The third kappa shape index (κ3) is 2.59. The lowest BCUT2D eigenvalue weighted by molar-refractivity contribution is 0.281. The van der Waals surface area contributed by atoms with Crippen LogP contribution in [0.3, 0.4) is 0 Å². The maximum Gasteiger partial charge on any atom is 0.161 e. The number of halogens is 1. The molecule has 0 saturated heterocycles. The zero-order valence-corrected chi connectivity index (χ0v) is 8.41. The molecule has 5 heteroatoms. The largest absolute Gasteiger partial charge is 0.394 e. The summed E-state index contributed by atoms with van der Waals surface area (Å²) < 4.78 is 0. The first-order valence-electron chi connectivity index (χ1n) is 4.11. The summed E-state index contributed by atoms with van der Waals surface area (Å²) in [7, 11) is 0. The molecule has 0 aliphatic heterocycles. The van der Waals surface area contributed by atoms with Gasteiger partial charge in [0.15, 0.2) is 5.69 Å². The second kappa shape index (κ2) is 4.80. The molecule has 0 aliphatic carbocycles. The van der Waals surface area contributed by atoms with E-state index in [-0.39, 0.29) is 18.3 Å². The molecule has 1 rings (SSSR count). The van der Waals surface area contributed by atoms with E-state index < -0.39 is 0 Å². The molecule has 0 saturated carbocycles. The van der Waals surface area contributed by atoms with E-state index in [1.807, 2.05) is 13.0 Å². The van der Waals surface area contributed by atoms with Crippen molar-refractivity contribution >= 4 is 17.4 Å². The zero-order chi connectivity index (χ0) is 10.6. The van der Waals surface area contributed by atoms with E-state index in [1.165, 1.54) is 0 Å². The standard InChI is InChI=1S/C9H10ClN3O/c1-6(5-14)12-9-3-2-7(10)8(4-11)13-9/h2-3,6,14H,5H2,1H3,(H,12,13)/t6-/m0/s1. The Bertz CT molecular complexity index is 362. The predicted octanol–water partition coefficient (Wildman–Crippen LogP) is 1.40. The number of rotatable bonds is 3. The molecule has 0 amide bonds. The highest BCUT2D eigenvalue weighted by molar-refractivity contribution is 6.31. The van der Waals surface area contributed by atoms with E-state index in [2.05, 4.69) is 10.3 Å². The number of pyridine rings is 1. The van der Waals surface area contributed by atoms with E-state index >= 15 is 0 Å². The topological polar surface area (TPSA) is 68.9 Å². The fraction of sp³-hybridized carbons (Fsp3) is 0.333. The van der Waals surface area contributed by atoms with Gasteiger partial charge in [0.1, 0.15) is 11.9 Å². The minimum Gasteiger partial charge on any atom is -0.394 e. The molecule has 1 atom stereocenters. The molecule has 1 aromatic heterocycles.